The minimum Gasteiger partial charge on any atom is -0.311 e. The summed E-state index contributed by atoms with van der Waals surface area (Å²) in [7, 11) is 0. The molecule has 5 heteroatoms. The Hall–Kier alpha value is -10.7. The molecule has 2 heterocycles. The van der Waals surface area contributed by atoms with Crippen molar-refractivity contribution in [2.45, 2.75) is 105 Å². The van der Waals surface area contributed by atoms with Crippen LogP contribution in [0, 0.1) is 17.9 Å². The van der Waals surface area contributed by atoms with Crippen LogP contribution in [0.15, 0.2) is 261 Å². The first kappa shape index (κ1) is 61.8. The maximum Gasteiger partial charge on any atom is 0.252 e. The van der Waals surface area contributed by atoms with E-state index in [0.29, 0.717) is 11.3 Å². The van der Waals surface area contributed by atoms with E-state index in [-0.39, 0.29) is 28.4 Å². The molecule has 0 saturated carbocycles. The fourth-order valence-electron chi connectivity index (χ4n) is 14.1. The minimum absolute atomic E-state index is 0.108. The largest absolute Gasteiger partial charge is 0.311 e. The van der Waals surface area contributed by atoms with Crippen LogP contribution in [0.3, 0.4) is 0 Å². The molecule has 0 N–H and O–H groups in total. The van der Waals surface area contributed by atoms with E-state index >= 15 is 0 Å². The van der Waals surface area contributed by atoms with Crippen LogP contribution in [0.25, 0.3) is 82.7 Å². The van der Waals surface area contributed by atoms with Gasteiger partial charge in [-0.15, -0.1) is 0 Å². The Morgan fingerprint density at radius 3 is 0.926 bits per heavy atom. The summed E-state index contributed by atoms with van der Waals surface area (Å²) in [6.45, 7) is 36.5. The average molecular weight is 1230 g/mol. The Balaban J connectivity index is 1.15. The monoisotopic (exact) mass is 1230 g/mol. The van der Waals surface area contributed by atoms with Gasteiger partial charge in [0.1, 0.15) is 6.07 Å². The standard InChI is InChI=1S/C90H79BN4/c1-87(2,3)68-43-65(44-69(51-68)88(4,5)6)63-39-41-79-81(47-63)94(72-53-74(59-31-21-15-22-32-59)78(57-92)75(54-72)60-33-23-16-24-34-60)83-49-67(58-29-19-14-20-30-58)50-84-85(83)91(79)80-42-40-64(66-45-70(89(7,8)9)52-71(46-66)90(10,11)12)48-82(80)95(84)73-55-76(61-35-25-17-26-36-61)86(93-13)77(56-73)62-37-27-18-28-38-62/h14-56H,1-12H3. The molecule has 0 fully saturated rings. The second kappa shape index (κ2) is 23.7. The second-order valence-corrected chi connectivity index (χ2v) is 30.0. The van der Waals surface area contributed by atoms with E-state index in [0.717, 1.165) is 106 Å². The summed E-state index contributed by atoms with van der Waals surface area (Å²) in [6.07, 6.45) is 0. The normalized spacial score (nSPS) is 12.8. The zero-order valence-corrected chi connectivity index (χ0v) is 56.7. The fourth-order valence-corrected chi connectivity index (χ4v) is 14.1. The van der Waals surface area contributed by atoms with Crippen LogP contribution in [-0.4, -0.2) is 6.71 Å². The van der Waals surface area contributed by atoms with Crippen molar-refractivity contribution >= 4 is 62.9 Å². The first-order valence-electron chi connectivity index (χ1n) is 33.3. The molecule has 2 aliphatic heterocycles. The number of fused-ring (bicyclic) bond motifs is 4. The van der Waals surface area contributed by atoms with Gasteiger partial charge in [-0.2, -0.15) is 5.26 Å². The lowest BCUT2D eigenvalue weighted by Crippen LogP contribution is -2.61. The van der Waals surface area contributed by atoms with Gasteiger partial charge in [-0.1, -0.05) is 295 Å². The highest BCUT2D eigenvalue weighted by molar-refractivity contribution is 7.00. The first-order chi connectivity index (χ1) is 45.5. The number of hydrogen-bond acceptors (Lipinski definition) is 3. The third kappa shape index (κ3) is 11.4. The number of anilines is 6. The SMILES string of the molecule is [C-]#[N+]c1c(-c2ccccc2)cc(N2c3cc(-c4cc(C(C)(C)C)cc(C(C)(C)C)c4)ccc3B3c4ccc(-c5cc(C(C)(C)C)cc(C(C)(C)C)c5)cc4N(c4cc(-c5ccccc5)c(C#N)c(-c5ccccc5)c4)c4cc(-c5ccccc5)cc2c43)cc1-c1ccccc1. The van der Waals surface area contributed by atoms with E-state index in [1.54, 1.807) is 0 Å². The van der Waals surface area contributed by atoms with Gasteiger partial charge in [0, 0.05) is 45.3 Å². The van der Waals surface area contributed by atoms with Gasteiger partial charge < -0.3 is 9.80 Å². The van der Waals surface area contributed by atoms with Gasteiger partial charge in [-0.3, -0.25) is 0 Å². The molecular formula is C90H79BN4. The van der Waals surface area contributed by atoms with E-state index in [1.807, 2.05) is 24.3 Å². The van der Waals surface area contributed by atoms with Crippen LogP contribution in [-0.2, 0) is 21.7 Å². The van der Waals surface area contributed by atoms with Gasteiger partial charge in [-0.05, 0) is 176 Å². The highest BCUT2D eigenvalue weighted by atomic mass is 15.2. The molecule has 0 bridgehead atoms. The van der Waals surface area contributed by atoms with Gasteiger partial charge in [0.2, 0.25) is 5.69 Å². The van der Waals surface area contributed by atoms with Crippen LogP contribution in [0.5, 0.6) is 0 Å². The highest BCUT2D eigenvalue weighted by Crippen LogP contribution is 2.52. The summed E-state index contributed by atoms with van der Waals surface area (Å²) in [5.41, 5.74) is 29.6. The predicted octanol–water partition coefficient (Wildman–Crippen LogP) is 23.1. The molecular weight excluding hydrogens is 1150 g/mol. The summed E-state index contributed by atoms with van der Waals surface area (Å²) in [5.74, 6) is 0. The third-order valence-electron chi connectivity index (χ3n) is 19.5. The van der Waals surface area contributed by atoms with Gasteiger partial charge >= 0.3 is 0 Å². The van der Waals surface area contributed by atoms with Crippen LogP contribution in [0.1, 0.15) is 111 Å². The molecule has 0 aliphatic carbocycles. The van der Waals surface area contributed by atoms with E-state index in [2.05, 4.69) is 340 Å². The maximum atomic E-state index is 11.5. The predicted molar refractivity (Wildman–Crippen MR) is 404 cm³/mol. The molecule has 0 radical (unpaired) electrons. The molecule has 0 unspecified atom stereocenters. The van der Waals surface area contributed by atoms with Crippen molar-refractivity contribution in [1.29, 1.82) is 5.26 Å². The summed E-state index contributed by atoms with van der Waals surface area (Å²) < 4.78 is 0. The Labute approximate surface area is 563 Å². The highest BCUT2D eigenvalue weighted by Gasteiger charge is 2.45. The number of hydrogen-bond donors (Lipinski definition) is 0. The Morgan fingerprint density at radius 1 is 0.316 bits per heavy atom. The summed E-state index contributed by atoms with van der Waals surface area (Å²) in [6, 6.07) is 98.1. The lowest BCUT2D eigenvalue weighted by molar-refractivity contribution is 0.568. The molecule has 0 spiro atoms. The Bertz CT molecular complexity index is 4560. The Morgan fingerprint density at radius 2 is 0.611 bits per heavy atom. The zero-order chi connectivity index (χ0) is 66.3. The number of rotatable bonds is 9. The van der Waals surface area contributed by atoms with Crippen molar-refractivity contribution in [3.8, 4) is 84.0 Å². The van der Waals surface area contributed by atoms with E-state index in [4.69, 9.17) is 6.57 Å². The van der Waals surface area contributed by atoms with Crippen molar-refractivity contribution < 1.29 is 0 Å². The summed E-state index contributed by atoms with van der Waals surface area (Å²) in [4.78, 5) is 9.47. The van der Waals surface area contributed by atoms with Crippen molar-refractivity contribution in [2.75, 3.05) is 9.80 Å². The lowest BCUT2D eigenvalue weighted by atomic mass is 9.33. The van der Waals surface area contributed by atoms with Crippen molar-refractivity contribution in [2.24, 2.45) is 0 Å². The van der Waals surface area contributed by atoms with Gasteiger partial charge in [0.05, 0.1) is 12.1 Å². The fraction of sp³-hybridized carbons (Fsp3) is 0.178. The van der Waals surface area contributed by atoms with Crippen LogP contribution in [0.4, 0.5) is 39.8 Å². The second-order valence-electron chi connectivity index (χ2n) is 30.0. The molecule has 4 nitrogen and oxygen atoms in total. The molecule has 12 aromatic rings. The molecule has 2 aliphatic rings. The van der Waals surface area contributed by atoms with Gasteiger partial charge in [-0.25, -0.2) is 4.85 Å². The topological polar surface area (TPSA) is 34.6 Å². The van der Waals surface area contributed by atoms with E-state index < -0.39 is 0 Å². The molecule has 12 aromatic carbocycles. The van der Waals surface area contributed by atoms with Crippen LogP contribution >= 0.6 is 0 Å². The number of nitrogens with zero attached hydrogens (tertiary/aromatic N) is 4. The van der Waals surface area contributed by atoms with Gasteiger partial charge in [0.25, 0.3) is 6.71 Å². The summed E-state index contributed by atoms with van der Waals surface area (Å²) >= 11 is 0. The molecule has 14 rings (SSSR count). The molecule has 0 aromatic heterocycles. The minimum atomic E-state index is -0.257. The number of nitriles is 1. The Kier molecular flexibility index (Phi) is 15.4. The molecule has 0 saturated heterocycles. The smallest absolute Gasteiger partial charge is 0.252 e. The average Bonchev–Trinajstić information content (AvgIpc) is 0.692. The van der Waals surface area contributed by atoms with E-state index in [9.17, 15) is 5.26 Å². The van der Waals surface area contributed by atoms with Crippen LogP contribution < -0.4 is 26.2 Å². The molecule has 0 amide bonds. The van der Waals surface area contributed by atoms with Crippen molar-refractivity contribution in [1.82, 2.24) is 0 Å². The van der Waals surface area contributed by atoms with Crippen molar-refractivity contribution in [3.63, 3.8) is 0 Å². The zero-order valence-electron chi connectivity index (χ0n) is 56.7. The van der Waals surface area contributed by atoms with Crippen LogP contribution in [0.2, 0.25) is 0 Å². The molecule has 95 heavy (non-hydrogen) atoms. The number of benzene rings is 12. The van der Waals surface area contributed by atoms with Crippen molar-refractivity contribution in [3.05, 3.63) is 300 Å². The quantitative estimate of drug-likeness (QED) is 0.107. The third-order valence-corrected chi connectivity index (χ3v) is 19.5. The summed E-state index contributed by atoms with van der Waals surface area (Å²) in [5, 5.41) is 11.5. The molecule has 462 valence electrons. The maximum absolute atomic E-state index is 11.5. The first-order valence-corrected chi connectivity index (χ1v) is 33.3. The molecule has 0 atom stereocenters. The van der Waals surface area contributed by atoms with Gasteiger partial charge in [0.15, 0.2) is 0 Å². The van der Waals surface area contributed by atoms with E-state index in [1.165, 1.54) is 44.3 Å². The lowest BCUT2D eigenvalue weighted by Gasteiger charge is -2.45.